The highest BCUT2D eigenvalue weighted by Crippen LogP contribution is 2.30. The van der Waals surface area contributed by atoms with Crippen LogP contribution in [-0.4, -0.2) is 58.8 Å². The molecule has 0 aliphatic carbocycles. The maximum Gasteiger partial charge on any atom is 0.267 e. The van der Waals surface area contributed by atoms with Crippen molar-refractivity contribution >= 4 is 27.6 Å². The van der Waals surface area contributed by atoms with Gasteiger partial charge < -0.3 is 4.74 Å². The van der Waals surface area contributed by atoms with Crippen LogP contribution in [0.15, 0.2) is 65.8 Å². The number of aromatic nitrogens is 4. The van der Waals surface area contributed by atoms with Gasteiger partial charge in [-0.25, -0.2) is 18.1 Å². The van der Waals surface area contributed by atoms with Crippen molar-refractivity contribution in [1.82, 2.24) is 24.6 Å². The van der Waals surface area contributed by atoms with E-state index in [1.165, 1.54) is 22.6 Å². The molecule has 198 valence electrons. The van der Waals surface area contributed by atoms with Gasteiger partial charge in [0.05, 0.1) is 11.9 Å². The van der Waals surface area contributed by atoms with Crippen LogP contribution in [0.3, 0.4) is 0 Å². The Kier molecular flexibility index (Phi) is 7.38. The predicted octanol–water partition coefficient (Wildman–Crippen LogP) is 4.25. The van der Waals surface area contributed by atoms with Gasteiger partial charge >= 0.3 is 0 Å². The van der Waals surface area contributed by atoms with Crippen molar-refractivity contribution in [3.8, 4) is 17.1 Å². The Morgan fingerprint density at radius 1 is 1.08 bits per heavy atom. The molecule has 1 aliphatic heterocycles. The Hall–Kier alpha value is -3.47. The second-order valence-corrected chi connectivity index (χ2v) is 11.6. The maximum absolute atomic E-state index is 13.0. The lowest BCUT2D eigenvalue weighted by Gasteiger charge is -2.38. The summed E-state index contributed by atoms with van der Waals surface area (Å²) in [5, 5.41) is 4.70. The third kappa shape index (κ3) is 5.98. The highest BCUT2D eigenvalue weighted by Gasteiger charge is 2.29. The molecule has 2 aromatic carbocycles. The molecule has 1 fully saturated rings. The Morgan fingerprint density at radius 2 is 1.82 bits per heavy atom. The summed E-state index contributed by atoms with van der Waals surface area (Å²) in [4.78, 5) is 11.3. The molecule has 0 amide bonds. The molecule has 0 bridgehead atoms. The normalized spacial score (nSPS) is 14.3. The molecule has 4 aromatic rings. The van der Waals surface area contributed by atoms with Crippen LogP contribution in [0.2, 0.25) is 5.02 Å². The summed E-state index contributed by atoms with van der Waals surface area (Å²) in [7, 11) is -2.27. The van der Waals surface area contributed by atoms with Gasteiger partial charge in [-0.1, -0.05) is 41.9 Å². The van der Waals surface area contributed by atoms with Gasteiger partial charge in [0.2, 0.25) is 11.8 Å². The molecular formula is C27H29ClN6O3S. The molecule has 1 saturated heterocycles. The molecule has 2 aromatic heterocycles. The fraction of sp³-hybridized carbons (Fsp3) is 0.296. The van der Waals surface area contributed by atoms with Crippen LogP contribution in [-0.2, 0) is 23.5 Å². The fourth-order valence-electron chi connectivity index (χ4n) is 4.52. The molecule has 38 heavy (non-hydrogen) atoms. The average Bonchev–Trinajstić information content (AvgIpc) is 3.27. The molecular weight excluding hydrogens is 524 g/mol. The highest BCUT2D eigenvalue weighted by atomic mass is 35.5. The monoisotopic (exact) mass is 552 g/mol. The summed E-state index contributed by atoms with van der Waals surface area (Å²) < 4.78 is 36.0. The van der Waals surface area contributed by atoms with Gasteiger partial charge in [0.15, 0.2) is 0 Å². The minimum Gasteiger partial charge on any atom is -0.471 e. The summed E-state index contributed by atoms with van der Waals surface area (Å²) >= 11 is 6.09. The standard InChI is InChI=1S/C27H29ClN6O3S/c1-18-6-4-7-19(2)26(18)24-13-25(31-27(30-24)32-38(35,36)23-14-29-33(3)17-23)37-22-15-34(16-22)11-10-20-8-5-9-21(28)12-20/h4-9,12-14,17,22H,10-11,15-16H2,1-3H3,(H,30,31,32). The van der Waals surface area contributed by atoms with E-state index in [4.69, 9.17) is 16.3 Å². The van der Waals surface area contributed by atoms with Gasteiger partial charge in [0.25, 0.3) is 10.0 Å². The first-order valence-corrected chi connectivity index (χ1v) is 14.1. The van der Waals surface area contributed by atoms with Crippen LogP contribution in [0.5, 0.6) is 5.88 Å². The lowest BCUT2D eigenvalue weighted by atomic mass is 10.00. The van der Waals surface area contributed by atoms with E-state index in [9.17, 15) is 8.42 Å². The van der Waals surface area contributed by atoms with Gasteiger partial charge in [-0.2, -0.15) is 10.1 Å². The lowest BCUT2D eigenvalue weighted by Crippen LogP contribution is -2.54. The van der Waals surface area contributed by atoms with Crippen LogP contribution in [0.4, 0.5) is 5.95 Å². The quantitative estimate of drug-likeness (QED) is 0.331. The van der Waals surface area contributed by atoms with Gasteiger partial charge in [0.1, 0.15) is 11.0 Å². The first kappa shape index (κ1) is 26.1. The van der Waals surface area contributed by atoms with Crippen LogP contribution in [0.25, 0.3) is 11.3 Å². The number of ether oxygens (including phenoxy) is 1. The molecule has 5 rings (SSSR count). The Labute approximate surface area is 227 Å². The van der Waals surface area contributed by atoms with E-state index in [2.05, 4.69) is 30.8 Å². The summed E-state index contributed by atoms with van der Waals surface area (Å²) in [5.41, 5.74) is 4.74. The average molecular weight is 553 g/mol. The van der Waals surface area contributed by atoms with Crippen molar-refractivity contribution in [2.45, 2.75) is 31.3 Å². The van der Waals surface area contributed by atoms with Crippen LogP contribution >= 0.6 is 11.6 Å². The Bertz CT molecular complexity index is 1550. The number of aryl methyl sites for hydroxylation is 3. The Balaban J connectivity index is 1.34. The van der Waals surface area contributed by atoms with Gasteiger partial charge in [-0.05, 0) is 49.1 Å². The molecule has 3 heterocycles. The van der Waals surface area contributed by atoms with Crippen molar-refractivity contribution < 1.29 is 13.2 Å². The number of halogens is 1. The second-order valence-electron chi connectivity index (χ2n) is 9.52. The molecule has 0 radical (unpaired) electrons. The minimum absolute atomic E-state index is 0.0258. The summed E-state index contributed by atoms with van der Waals surface area (Å²) in [6.45, 7) is 6.39. The third-order valence-corrected chi connectivity index (χ3v) is 7.99. The molecule has 0 unspecified atom stereocenters. The largest absolute Gasteiger partial charge is 0.471 e. The molecule has 9 nitrogen and oxygen atoms in total. The lowest BCUT2D eigenvalue weighted by molar-refractivity contribution is 0.0181. The van der Waals surface area contributed by atoms with Gasteiger partial charge in [0, 0.05) is 49.5 Å². The van der Waals surface area contributed by atoms with E-state index in [0.717, 1.165) is 47.8 Å². The number of hydrogen-bond donors (Lipinski definition) is 1. The SMILES string of the molecule is Cc1cccc(C)c1-c1cc(OC2CN(CCc3cccc(Cl)c3)C2)nc(NS(=O)(=O)c2cnn(C)c2)n1. The first-order valence-electron chi connectivity index (χ1n) is 12.3. The smallest absolute Gasteiger partial charge is 0.267 e. The molecule has 1 N–H and O–H groups in total. The van der Waals surface area contributed by atoms with Crippen molar-refractivity contribution in [3.63, 3.8) is 0 Å². The number of anilines is 1. The molecule has 1 aliphatic rings. The van der Waals surface area contributed by atoms with Crippen LogP contribution < -0.4 is 9.46 Å². The van der Waals surface area contributed by atoms with Crippen LogP contribution in [0, 0.1) is 13.8 Å². The molecule has 0 atom stereocenters. The summed E-state index contributed by atoms with van der Waals surface area (Å²) in [5.74, 6) is 0.266. The van der Waals surface area contributed by atoms with Crippen molar-refractivity contribution in [3.05, 3.63) is 82.6 Å². The van der Waals surface area contributed by atoms with Gasteiger partial charge in [-0.15, -0.1) is 0 Å². The number of nitrogens with one attached hydrogen (secondary N) is 1. The molecule has 11 heteroatoms. The van der Waals surface area contributed by atoms with E-state index in [-0.39, 0.29) is 16.9 Å². The highest BCUT2D eigenvalue weighted by molar-refractivity contribution is 7.92. The zero-order valence-electron chi connectivity index (χ0n) is 21.4. The molecule has 0 spiro atoms. The maximum atomic E-state index is 13.0. The van der Waals surface area contributed by atoms with E-state index >= 15 is 0 Å². The van der Waals surface area contributed by atoms with Crippen molar-refractivity contribution in [2.24, 2.45) is 7.05 Å². The summed E-state index contributed by atoms with van der Waals surface area (Å²) in [6.07, 6.45) is 3.54. The number of sulfonamides is 1. The second kappa shape index (κ2) is 10.7. The number of nitrogens with zero attached hydrogens (tertiary/aromatic N) is 5. The number of likely N-dealkylation sites (tertiary alicyclic amines) is 1. The zero-order valence-corrected chi connectivity index (χ0v) is 23.0. The zero-order chi connectivity index (χ0) is 26.9. The van der Waals surface area contributed by atoms with E-state index in [1.807, 2.05) is 50.2 Å². The van der Waals surface area contributed by atoms with E-state index < -0.39 is 10.0 Å². The van der Waals surface area contributed by atoms with Crippen LogP contribution in [0.1, 0.15) is 16.7 Å². The fourth-order valence-corrected chi connectivity index (χ4v) is 5.66. The number of benzene rings is 2. The third-order valence-electron chi connectivity index (χ3n) is 6.47. The van der Waals surface area contributed by atoms with E-state index in [1.54, 1.807) is 13.1 Å². The van der Waals surface area contributed by atoms with E-state index in [0.29, 0.717) is 11.6 Å². The number of rotatable bonds is 9. The van der Waals surface area contributed by atoms with Crippen molar-refractivity contribution in [1.29, 1.82) is 0 Å². The van der Waals surface area contributed by atoms with Gasteiger partial charge in [-0.3, -0.25) is 9.58 Å². The first-order chi connectivity index (χ1) is 18.2. The van der Waals surface area contributed by atoms with Crippen molar-refractivity contribution in [2.75, 3.05) is 24.4 Å². The predicted molar refractivity (Wildman–Crippen MR) is 147 cm³/mol. The topological polar surface area (TPSA) is 102 Å². The summed E-state index contributed by atoms with van der Waals surface area (Å²) in [6, 6.07) is 15.6. The number of hydrogen-bond acceptors (Lipinski definition) is 7. The minimum atomic E-state index is -3.93. The molecule has 0 saturated carbocycles. The Morgan fingerprint density at radius 3 is 2.50 bits per heavy atom.